The van der Waals surface area contributed by atoms with Crippen molar-refractivity contribution >= 4 is 15.9 Å². The normalized spacial score (nSPS) is 10.7. The van der Waals surface area contributed by atoms with Gasteiger partial charge in [0.1, 0.15) is 6.54 Å². The highest BCUT2D eigenvalue weighted by Gasteiger charge is 2.00. The number of aromatic nitrogens is 1. The number of unbranched alkanes of at least 4 members (excludes halogenated alkanes) is 15. The number of hydrogen-bond acceptors (Lipinski definition) is 0. The van der Waals surface area contributed by atoms with E-state index in [1.807, 2.05) is 0 Å². The van der Waals surface area contributed by atoms with Gasteiger partial charge in [-0.05, 0) is 28.4 Å². The van der Waals surface area contributed by atoms with Gasteiger partial charge < -0.3 is 24.0 Å². The largest absolute Gasteiger partial charge is 1.00 e. The number of nitrogens with zero attached hydrogens (tertiary/aromatic N) is 1. The van der Waals surface area contributed by atoms with E-state index in [2.05, 4.69) is 51.9 Å². The first kappa shape index (κ1) is 26.4. The molecule has 1 aromatic heterocycles. The molecule has 0 N–H and O–H groups in total. The van der Waals surface area contributed by atoms with Crippen LogP contribution in [0.5, 0.6) is 0 Å². The molecule has 0 amide bonds. The number of halogens is 2. The van der Waals surface area contributed by atoms with Crippen molar-refractivity contribution in [2.75, 3.05) is 0 Å². The molecule has 0 aromatic carbocycles. The van der Waals surface area contributed by atoms with Crippen molar-refractivity contribution in [2.24, 2.45) is 0 Å². The zero-order valence-electron chi connectivity index (χ0n) is 17.0. The van der Waals surface area contributed by atoms with Gasteiger partial charge in [-0.3, -0.25) is 0 Å². The van der Waals surface area contributed by atoms with Gasteiger partial charge in [-0.1, -0.05) is 96.8 Å². The van der Waals surface area contributed by atoms with Gasteiger partial charge in [0.25, 0.3) is 0 Å². The monoisotopic (exact) mass is 537 g/mol. The molecule has 0 fully saturated rings. The minimum absolute atomic E-state index is 0. The first-order valence-electron chi connectivity index (χ1n) is 11.0. The average Bonchev–Trinajstić information content (AvgIpc) is 2.61. The molecule has 0 spiro atoms. The van der Waals surface area contributed by atoms with Crippen LogP contribution in [0.3, 0.4) is 0 Å². The summed E-state index contributed by atoms with van der Waals surface area (Å²) in [5, 5.41) is 0. The second-order valence-electron chi connectivity index (χ2n) is 7.56. The first-order chi connectivity index (χ1) is 12.3. The smallest absolute Gasteiger partial charge is 0.183 e. The Hall–Kier alpha value is 0.360. The molecule has 0 saturated carbocycles. The van der Waals surface area contributed by atoms with E-state index >= 15 is 0 Å². The van der Waals surface area contributed by atoms with E-state index in [1.165, 1.54) is 107 Å². The molecule has 0 aliphatic rings. The lowest BCUT2D eigenvalue weighted by atomic mass is 10.0. The van der Waals surface area contributed by atoms with Gasteiger partial charge in [0.15, 0.2) is 12.4 Å². The molecule has 0 aliphatic heterocycles. The molecule has 1 rings (SSSR count). The Kier molecular flexibility index (Phi) is 20.4. The molecule has 0 saturated heterocycles. The van der Waals surface area contributed by atoms with Crippen molar-refractivity contribution < 1.29 is 28.5 Å². The van der Waals surface area contributed by atoms with Crippen molar-refractivity contribution in [3.05, 3.63) is 29.0 Å². The standard InChI is InChI=1S/C23H41BrN.HI/c1-2-3-4-5-6-7-8-9-10-11-12-13-14-15-16-17-20-25-21-18-19-23(24)22-25;/h18-19,21-22H,2-17,20H2,1H3;1H/q+1;/p-1. The molecule has 0 atom stereocenters. The van der Waals surface area contributed by atoms with E-state index in [9.17, 15) is 0 Å². The third kappa shape index (κ3) is 16.5. The maximum atomic E-state index is 3.53. The molecule has 152 valence electrons. The molecule has 0 bridgehead atoms. The summed E-state index contributed by atoms with van der Waals surface area (Å²) in [5.74, 6) is 0. The van der Waals surface area contributed by atoms with Crippen LogP contribution in [0.25, 0.3) is 0 Å². The molecule has 0 aliphatic carbocycles. The number of hydrogen-bond donors (Lipinski definition) is 0. The summed E-state index contributed by atoms with van der Waals surface area (Å²) >= 11 is 3.53. The van der Waals surface area contributed by atoms with Crippen molar-refractivity contribution in [3.8, 4) is 0 Å². The summed E-state index contributed by atoms with van der Waals surface area (Å²) in [4.78, 5) is 0. The summed E-state index contributed by atoms with van der Waals surface area (Å²) in [6.07, 6.45) is 27.3. The second kappa shape index (κ2) is 20.1. The van der Waals surface area contributed by atoms with E-state index in [-0.39, 0.29) is 24.0 Å². The summed E-state index contributed by atoms with van der Waals surface area (Å²) in [7, 11) is 0. The van der Waals surface area contributed by atoms with Crippen LogP contribution in [0.4, 0.5) is 0 Å². The van der Waals surface area contributed by atoms with Crippen LogP contribution in [-0.4, -0.2) is 0 Å². The fourth-order valence-corrected chi connectivity index (χ4v) is 3.89. The second-order valence-corrected chi connectivity index (χ2v) is 8.48. The van der Waals surface area contributed by atoms with E-state index in [1.54, 1.807) is 0 Å². The molecule has 1 aromatic rings. The van der Waals surface area contributed by atoms with Crippen LogP contribution < -0.4 is 28.5 Å². The maximum Gasteiger partial charge on any atom is 0.183 e. The van der Waals surface area contributed by atoms with Gasteiger partial charge in [-0.2, -0.15) is 0 Å². The Morgan fingerprint density at radius 1 is 0.692 bits per heavy atom. The van der Waals surface area contributed by atoms with Crippen molar-refractivity contribution in [1.82, 2.24) is 0 Å². The summed E-state index contributed by atoms with van der Waals surface area (Å²) < 4.78 is 3.46. The lowest BCUT2D eigenvalue weighted by Crippen LogP contribution is -3.00. The molecule has 0 unspecified atom stereocenters. The number of pyridine rings is 1. The van der Waals surface area contributed by atoms with Crippen LogP contribution in [0.1, 0.15) is 110 Å². The number of rotatable bonds is 17. The molecule has 3 heteroatoms. The zero-order chi connectivity index (χ0) is 18.0. The van der Waals surface area contributed by atoms with Gasteiger partial charge in [-0.15, -0.1) is 0 Å². The Morgan fingerprint density at radius 2 is 1.12 bits per heavy atom. The van der Waals surface area contributed by atoms with Crippen LogP contribution in [-0.2, 0) is 6.54 Å². The van der Waals surface area contributed by atoms with Gasteiger partial charge in [0.2, 0.25) is 0 Å². The van der Waals surface area contributed by atoms with Gasteiger partial charge in [0, 0.05) is 12.5 Å². The highest BCUT2D eigenvalue weighted by atomic mass is 127. The van der Waals surface area contributed by atoms with Crippen LogP contribution in [0.15, 0.2) is 29.0 Å². The lowest BCUT2D eigenvalue weighted by molar-refractivity contribution is -0.698. The average molecular weight is 538 g/mol. The highest BCUT2D eigenvalue weighted by Crippen LogP contribution is 2.13. The van der Waals surface area contributed by atoms with Crippen LogP contribution in [0.2, 0.25) is 0 Å². The molecule has 0 radical (unpaired) electrons. The Labute approximate surface area is 188 Å². The maximum absolute atomic E-state index is 3.53. The number of aryl methyl sites for hydroxylation is 1. The summed E-state index contributed by atoms with van der Waals surface area (Å²) in [6.45, 7) is 3.45. The quantitative estimate of drug-likeness (QED) is 0.149. The van der Waals surface area contributed by atoms with E-state index in [0.717, 1.165) is 6.54 Å². The first-order valence-corrected chi connectivity index (χ1v) is 11.8. The summed E-state index contributed by atoms with van der Waals surface area (Å²) in [6, 6.07) is 4.20. The van der Waals surface area contributed by atoms with Gasteiger partial charge in [-0.25, -0.2) is 4.57 Å². The predicted molar refractivity (Wildman–Crippen MR) is 114 cm³/mol. The third-order valence-electron chi connectivity index (χ3n) is 5.09. The Bertz CT molecular complexity index is 411. The predicted octanol–water partition coefficient (Wildman–Crippen LogP) is 5.00. The molecule has 1 nitrogen and oxygen atoms in total. The summed E-state index contributed by atoms with van der Waals surface area (Å²) in [5.41, 5.74) is 0. The fraction of sp³-hybridized carbons (Fsp3) is 0.783. The van der Waals surface area contributed by atoms with E-state index < -0.39 is 0 Å². The van der Waals surface area contributed by atoms with E-state index in [0.29, 0.717) is 0 Å². The molecule has 1 heterocycles. The zero-order valence-corrected chi connectivity index (χ0v) is 20.8. The van der Waals surface area contributed by atoms with Gasteiger partial charge >= 0.3 is 0 Å². The Morgan fingerprint density at radius 3 is 1.54 bits per heavy atom. The van der Waals surface area contributed by atoms with Gasteiger partial charge in [0.05, 0.1) is 4.47 Å². The fourth-order valence-electron chi connectivity index (χ4n) is 3.47. The van der Waals surface area contributed by atoms with Crippen molar-refractivity contribution in [3.63, 3.8) is 0 Å². The van der Waals surface area contributed by atoms with Crippen LogP contribution in [0, 0.1) is 0 Å². The molecular weight excluding hydrogens is 497 g/mol. The topological polar surface area (TPSA) is 3.88 Å². The minimum atomic E-state index is 0. The third-order valence-corrected chi connectivity index (χ3v) is 5.56. The molecule has 26 heavy (non-hydrogen) atoms. The Balaban J connectivity index is 0.00000625. The lowest BCUT2D eigenvalue weighted by Gasteiger charge is -2.03. The minimum Gasteiger partial charge on any atom is -1.00 e. The molecular formula is C23H41BrIN. The highest BCUT2D eigenvalue weighted by molar-refractivity contribution is 9.10. The SMILES string of the molecule is CCCCCCCCCCCCCCCCCC[n+]1cccc(Br)c1.[I-]. The van der Waals surface area contributed by atoms with E-state index in [4.69, 9.17) is 0 Å². The van der Waals surface area contributed by atoms with Crippen molar-refractivity contribution in [2.45, 2.75) is 116 Å². The van der Waals surface area contributed by atoms with Crippen LogP contribution >= 0.6 is 15.9 Å². The van der Waals surface area contributed by atoms with Crippen molar-refractivity contribution in [1.29, 1.82) is 0 Å².